The minimum atomic E-state index is -0.531. The molecule has 0 heterocycles. The van der Waals surface area contributed by atoms with Crippen molar-refractivity contribution >= 4 is 18.0 Å². The van der Waals surface area contributed by atoms with Crippen LogP contribution < -0.4 is 15.6 Å². The Balaban J connectivity index is 1.70. The molecule has 2 aromatic carbocycles. The molecule has 0 aliphatic carbocycles. The lowest BCUT2D eigenvalue weighted by atomic mass is 10.0. The molecule has 0 aliphatic heterocycles. The highest BCUT2D eigenvalue weighted by atomic mass is 16.6. The van der Waals surface area contributed by atoms with Gasteiger partial charge in [0, 0.05) is 0 Å². The molecule has 0 saturated carbocycles. The summed E-state index contributed by atoms with van der Waals surface area (Å²) >= 11 is 0. The molecule has 2 N–H and O–H groups in total. The van der Waals surface area contributed by atoms with E-state index in [9.17, 15) is 9.59 Å². The molecule has 7 nitrogen and oxygen atoms in total. The van der Waals surface area contributed by atoms with Crippen molar-refractivity contribution in [2.45, 2.75) is 26.7 Å². The van der Waals surface area contributed by atoms with Crippen LogP contribution in [0, 0.1) is 6.92 Å². The van der Waals surface area contributed by atoms with Crippen LogP contribution in [-0.2, 0) is 14.4 Å². The van der Waals surface area contributed by atoms with E-state index >= 15 is 0 Å². The van der Waals surface area contributed by atoms with Crippen molar-refractivity contribution in [3.8, 4) is 5.75 Å². The first-order chi connectivity index (χ1) is 13.5. The van der Waals surface area contributed by atoms with Gasteiger partial charge in [-0.25, -0.2) is 0 Å². The van der Waals surface area contributed by atoms with Gasteiger partial charge in [-0.1, -0.05) is 61.5 Å². The predicted octanol–water partition coefficient (Wildman–Crippen LogP) is 2.70. The van der Waals surface area contributed by atoms with E-state index < -0.39 is 11.8 Å². The molecule has 0 aliphatic rings. The van der Waals surface area contributed by atoms with Gasteiger partial charge < -0.3 is 9.57 Å². The van der Waals surface area contributed by atoms with E-state index in [-0.39, 0.29) is 19.1 Å². The molecule has 0 fully saturated rings. The highest BCUT2D eigenvalue weighted by Crippen LogP contribution is 2.27. The van der Waals surface area contributed by atoms with Crippen molar-refractivity contribution in [3.05, 3.63) is 65.2 Å². The summed E-state index contributed by atoms with van der Waals surface area (Å²) in [5.74, 6) is -0.0728. The smallest absolute Gasteiger partial charge is 0.279 e. The number of carbonyl (C=O) groups excluding carboxylic acids is 2. The fraction of sp³-hybridized carbons (Fsp3) is 0.286. The van der Waals surface area contributed by atoms with Gasteiger partial charge in [0.15, 0.2) is 13.2 Å². The summed E-state index contributed by atoms with van der Waals surface area (Å²) in [6.45, 7) is 5.53. The van der Waals surface area contributed by atoms with E-state index in [0.717, 1.165) is 16.7 Å². The highest BCUT2D eigenvalue weighted by molar-refractivity contribution is 5.83. The lowest BCUT2D eigenvalue weighted by molar-refractivity contribution is -0.132. The third-order valence-electron chi connectivity index (χ3n) is 3.76. The molecule has 7 heteroatoms. The second kappa shape index (κ2) is 10.7. The van der Waals surface area contributed by atoms with Gasteiger partial charge in [-0.3, -0.25) is 20.4 Å². The van der Waals surface area contributed by atoms with Gasteiger partial charge in [0.2, 0.25) is 0 Å². The van der Waals surface area contributed by atoms with E-state index in [1.807, 2.05) is 55.5 Å². The zero-order valence-corrected chi connectivity index (χ0v) is 16.3. The molecule has 0 bridgehead atoms. The zero-order chi connectivity index (χ0) is 20.4. The second-order valence-corrected chi connectivity index (χ2v) is 6.50. The number of hydrogen-bond donors (Lipinski definition) is 2. The molecule has 148 valence electrons. The topological polar surface area (TPSA) is 89.0 Å². The lowest BCUT2D eigenvalue weighted by Gasteiger charge is -2.15. The Morgan fingerprint density at radius 3 is 2.39 bits per heavy atom. The normalized spacial score (nSPS) is 10.7. The van der Waals surface area contributed by atoms with E-state index in [2.05, 4.69) is 29.9 Å². The van der Waals surface area contributed by atoms with Gasteiger partial charge in [-0.05, 0) is 35.6 Å². The second-order valence-electron chi connectivity index (χ2n) is 6.50. The Hall–Kier alpha value is -3.35. The number of benzene rings is 2. The highest BCUT2D eigenvalue weighted by Gasteiger charge is 2.11. The van der Waals surface area contributed by atoms with Crippen LogP contribution in [0.2, 0.25) is 0 Å². The quantitative estimate of drug-likeness (QED) is 0.542. The molecule has 0 unspecified atom stereocenters. The number of hydrazine groups is 1. The summed E-state index contributed by atoms with van der Waals surface area (Å²) in [4.78, 5) is 28.4. The summed E-state index contributed by atoms with van der Waals surface area (Å²) in [7, 11) is 0. The molecular formula is C21H25N3O4. The molecule has 0 atom stereocenters. The van der Waals surface area contributed by atoms with Gasteiger partial charge in [0.05, 0.1) is 6.21 Å². The van der Waals surface area contributed by atoms with Gasteiger partial charge >= 0.3 is 0 Å². The molecule has 0 spiro atoms. The summed E-state index contributed by atoms with van der Waals surface area (Å²) in [5, 5.41) is 3.70. The number of oxime groups is 1. The van der Waals surface area contributed by atoms with Crippen LogP contribution in [0.1, 0.15) is 36.5 Å². The van der Waals surface area contributed by atoms with Crippen LogP contribution in [0.25, 0.3) is 0 Å². The van der Waals surface area contributed by atoms with Crippen molar-refractivity contribution in [2.75, 3.05) is 13.2 Å². The Bertz CT molecular complexity index is 820. The standard InChI is InChI=1S/C21H25N3O4/c1-15(2)18-10-9-16(3)11-19(18)27-13-20(25)23-24-21(26)14-28-22-12-17-7-5-4-6-8-17/h4-12,15H,13-14H2,1-3H3,(H,23,25)(H,24,26)/b22-12+. The number of nitrogens with zero attached hydrogens (tertiary/aromatic N) is 1. The average molecular weight is 383 g/mol. The van der Waals surface area contributed by atoms with E-state index in [1.54, 1.807) is 0 Å². The third kappa shape index (κ3) is 7.11. The maximum absolute atomic E-state index is 11.9. The SMILES string of the molecule is Cc1ccc(C(C)C)c(OCC(=O)NNC(=O)CO/N=C/c2ccccc2)c1. The number of hydrogen-bond acceptors (Lipinski definition) is 5. The Labute approximate surface area is 164 Å². The summed E-state index contributed by atoms with van der Waals surface area (Å²) in [6, 6.07) is 15.2. The number of carbonyl (C=O) groups is 2. The number of rotatable bonds is 8. The maximum Gasteiger partial charge on any atom is 0.279 e. The number of amides is 2. The fourth-order valence-corrected chi connectivity index (χ4v) is 2.33. The molecular weight excluding hydrogens is 358 g/mol. The van der Waals surface area contributed by atoms with Crippen LogP contribution in [0.15, 0.2) is 53.7 Å². The third-order valence-corrected chi connectivity index (χ3v) is 3.76. The maximum atomic E-state index is 11.9. The number of nitrogens with one attached hydrogen (secondary N) is 2. The molecule has 2 aromatic rings. The molecule has 2 rings (SSSR count). The van der Waals surface area contributed by atoms with E-state index in [4.69, 9.17) is 9.57 Å². The van der Waals surface area contributed by atoms with Crippen molar-refractivity contribution in [1.82, 2.24) is 10.9 Å². The van der Waals surface area contributed by atoms with Gasteiger partial charge in [0.25, 0.3) is 11.8 Å². The molecule has 0 radical (unpaired) electrons. The first-order valence-corrected chi connectivity index (χ1v) is 8.97. The summed E-state index contributed by atoms with van der Waals surface area (Å²) in [5.41, 5.74) is 7.44. The minimum Gasteiger partial charge on any atom is -0.483 e. The van der Waals surface area contributed by atoms with Crippen molar-refractivity contribution < 1.29 is 19.2 Å². The van der Waals surface area contributed by atoms with Crippen LogP contribution in [0.4, 0.5) is 0 Å². The van der Waals surface area contributed by atoms with Crippen molar-refractivity contribution in [1.29, 1.82) is 0 Å². The Kier molecular flexibility index (Phi) is 8.02. The fourth-order valence-electron chi connectivity index (χ4n) is 2.33. The van der Waals surface area contributed by atoms with Crippen LogP contribution >= 0.6 is 0 Å². The van der Waals surface area contributed by atoms with Crippen molar-refractivity contribution in [2.24, 2.45) is 5.16 Å². The summed E-state index contributed by atoms with van der Waals surface area (Å²) < 4.78 is 5.60. The molecule has 2 amide bonds. The first kappa shape index (κ1) is 21.0. The summed E-state index contributed by atoms with van der Waals surface area (Å²) in [6.07, 6.45) is 1.49. The first-order valence-electron chi connectivity index (χ1n) is 8.97. The monoisotopic (exact) mass is 383 g/mol. The molecule has 0 aromatic heterocycles. The number of aryl methyl sites for hydroxylation is 1. The largest absolute Gasteiger partial charge is 0.483 e. The van der Waals surface area contributed by atoms with Crippen LogP contribution in [0.5, 0.6) is 5.75 Å². The van der Waals surface area contributed by atoms with Crippen LogP contribution in [-0.4, -0.2) is 31.2 Å². The van der Waals surface area contributed by atoms with Crippen LogP contribution in [0.3, 0.4) is 0 Å². The molecule has 0 saturated heterocycles. The van der Waals surface area contributed by atoms with E-state index in [1.165, 1.54) is 6.21 Å². The average Bonchev–Trinajstić information content (AvgIpc) is 2.68. The predicted molar refractivity (Wildman–Crippen MR) is 107 cm³/mol. The van der Waals surface area contributed by atoms with E-state index in [0.29, 0.717) is 5.75 Å². The van der Waals surface area contributed by atoms with Gasteiger partial charge in [0.1, 0.15) is 5.75 Å². The zero-order valence-electron chi connectivity index (χ0n) is 16.3. The lowest BCUT2D eigenvalue weighted by Crippen LogP contribution is -2.45. The Morgan fingerprint density at radius 1 is 1.04 bits per heavy atom. The van der Waals surface area contributed by atoms with Crippen molar-refractivity contribution in [3.63, 3.8) is 0 Å². The van der Waals surface area contributed by atoms with Gasteiger partial charge in [-0.2, -0.15) is 0 Å². The van der Waals surface area contributed by atoms with Gasteiger partial charge in [-0.15, -0.1) is 0 Å². The number of ether oxygens (including phenoxy) is 1. The molecule has 28 heavy (non-hydrogen) atoms. The minimum absolute atomic E-state index is 0.212. The Morgan fingerprint density at radius 2 is 1.71 bits per heavy atom.